The number of hydrogen-bond donors (Lipinski definition) is 0. The number of nitrogens with zero attached hydrogens (tertiary/aromatic N) is 1. The average molecular weight is 217 g/mol. The van der Waals surface area contributed by atoms with Crippen LogP contribution >= 0.6 is 0 Å². The zero-order valence-electron chi connectivity index (χ0n) is 9.78. The van der Waals surface area contributed by atoms with E-state index >= 15 is 0 Å². The molecule has 3 aliphatic carbocycles. The Bertz CT molecular complexity index is 459. The topological polar surface area (TPSA) is 57.9 Å². The Labute approximate surface area is 94.8 Å². The maximum Gasteiger partial charge on any atom is 0.145 e. The molecule has 16 heavy (non-hydrogen) atoms. The molecule has 0 heterocycles. The van der Waals surface area contributed by atoms with Gasteiger partial charge in [0.1, 0.15) is 11.6 Å². The quantitative estimate of drug-likeness (QED) is 0.619. The lowest BCUT2D eigenvalue weighted by Crippen LogP contribution is -2.58. The predicted octanol–water partition coefficient (Wildman–Crippen LogP) is 1.58. The zero-order chi connectivity index (χ0) is 11.9. The summed E-state index contributed by atoms with van der Waals surface area (Å²) in [4.78, 5) is 24.6. The zero-order valence-corrected chi connectivity index (χ0v) is 9.78. The molecule has 3 saturated carbocycles. The monoisotopic (exact) mass is 217 g/mol. The van der Waals surface area contributed by atoms with Gasteiger partial charge in [-0.15, -0.1) is 0 Å². The second kappa shape index (κ2) is 2.40. The highest BCUT2D eigenvalue weighted by Gasteiger charge is 2.77. The smallest absolute Gasteiger partial charge is 0.145 e. The second-order valence-corrected chi connectivity index (χ2v) is 6.30. The highest BCUT2D eigenvalue weighted by molar-refractivity contribution is 6.08. The Balaban J connectivity index is 2.05. The van der Waals surface area contributed by atoms with Gasteiger partial charge < -0.3 is 0 Å². The molecule has 5 atom stereocenters. The van der Waals surface area contributed by atoms with Gasteiger partial charge in [-0.05, 0) is 11.8 Å². The number of Topliss-reactive ketones (excluding diaryl/α,β-unsaturated/α-hetero) is 2. The molecule has 84 valence electrons. The van der Waals surface area contributed by atoms with Crippen LogP contribution < -0.4 is 0 Å². The molecular weight excluding hydrogens is 202 g/mol. The van der Waals surface area contributed by atoms with E-state index in [1.54, 1.807) is 0 Å². The first-order chi connectivity index (χ1) is 7.36. The standard InChI is InChI=1S/C13H15NO2/c1-12(2)8-9(12)11(16)13(3)6(5-14)4-7(13)10(8)15/h6-9H,4H2,1-3H3/t6-,7+,8+,9+,13+/m1/s1. The summed E-state index contributed by atoms with van der Waals surface area (Å²) in [6.07, 6.45) is 0.594. The summed E-state index contributed by atoms with van der Waals surface area (Å²) >= 11 is 0. The summed E-state index contributed by atoms with van der Waals surface area (Å²) in [6, 6.07) is 2.19. The van der Waals surface area contributed by atoms with E-state index in [0.717, 1.165) is 0 Å². The third-order valence-electron chi connectivity index (χ3n) is 5.37. The minimum absolute atomic E-state index is 0.0577. The number of rotatable bonds is 0. The molecule has 0 aromatic carbocycles. The molecular formula is C13H15NO2. The van der Waals surface area contributed by atoms with Crippen molar-refractivity contribution in [3.8, 4) is 6.07 Å². The van der Waals surface area contributed by atoms with Crippen LogP contribution in [-0.4, -0.2) is 11.6 Å². The van der Waals surface area contributed by atoms with Gasteiger partial charge in [-0.25, -0.2) is 0 Å². The van der Waals surface area contributed by atoms with Crippen LogP contribution in [0, 0.1) is 45.8 Å². The van der Waals surface area contributed by atoms with Crippen molar-refractivity contribution in [3.63, 3.8) is 0 Å². The van der Waals surface area contributed by atoms with Crippen molar-refractivity contribution < 1.29 is 9.59 Å². The lowest BCUT2D eigenvalue weighted by atomic mass is 9.48. The number of carbonyl (C=O) groups is 2. The first-order valence-electron chi connectivity index (χ1n) is 5.84. The number of ketones is 2. The summed E-state index contributed by atoms with van der Waals surface area (Å²) in [5.41, 5.74) is -0.824. The van der Waals surface area contributed by atoms with Gasteiger partial charge in [0, 0.05) is 17.8 Å². The highest BCUT2D eigenvalue weighted by Crippen LogP contribution is 2.71. The fraction of sp³-hybridized carbons (Fsp3) is 0.769. The molecule has 0 unspecified atom stereocenters. The first-order valence-corrected chi connectivity index (χ1v) is 5.84. The van der Waals surface area contributed by atoms with E-state index in [2.05, 4.69) is 6.07 Å². The lowest BCUT2D eigenvalue weighted by Gasteiger charge is -2.51. The van der Waals surface area contributed by atoms with Crippen molar-refractivity contribution in [3.05, 3.63) is 0 Å². The van der Waals surface area contributed by atoms with E-state index < -0.39 is 5.41 Å². The lowest BCUT2D eigenvalue weighted by molar-refractivity contribution is -0.159. The van der Waals surface area contributed by atoms with Gasteiger partial charge in [-0.2, -0.15) is 5.26 Å². The molecule has 0 amide bonds. The third kappa shape index (κ3) is 0.753. The van der Waals surface area contributed by atoms with Crippen molar-refractivity contribution in [2.24, 2.45) is 34.5 Å². The van der Waals surface area contributed by atoms with Crippen LogP contribution in [0.3, 0.4) is 0 Å². The molecule has 0 spiro atoms. The van der Waals surface area contributed by atoms with Gasteiger partial charge >= 0.3 is 0 Å². The maximum absolute atomic E-state index is 12.4. The molecule has 0 aromatic heterocycles. The van der Waals surface area contributed by atoms with E-state index in [1.807, 2.05) is 20.8 Å². The van der Waals surface area contributed by atoms with Gasteiger partial charge in [0.15, 0.2) is 0 Å². The summed E-state index contributed by atoms with van der Waals surface area (Å²) in [5, 5.41) is 9.01. The van der Waals surface area contributed by atoms with Gasteiger partial charge in [0.05, 0.1) is 17.4 Å². The molecule has 3 rings (SSSR count). The summed E-state index contributed by atoms with van der Waals surface area (Å²) < 4.78 is 0. The summed E-state index contributed by atoms with van der Waals surface area (Å²) in [6.45, 7) is 5.81. The second-order valence-electron chi connectivity index (χ2n) is 6.30. The van der Waals surface area contributed by atoms with E-state index in [4.69, 9.17) is 5.26 Å². The predicted molar refractivity (Wildman–Crippen MR) is 56.1 cm³/mol. The van der Waals surface area contributed by atoms with Crippen LogP contribution in [-0.2, 0) is 9.59 Å². The Morgan fingerprint density at radius 1 is 1.25 bits per heavy atom. The van der Waals surface area contributed by atoms with Gasteiger partial charge in [0.25, 0.3) is 0 Å². The number of hydrogen-bond acceptors (Lipinski definition) is 3. The van der Waals surface area contributed by atoms with E-state index in [0.29, 0.717) is 6.42 Å². The molecule has 0 N–H and O–H groups in total. The Kier molecular flexibility index (Phi) is 1.50. The van der Waals surface area contributed by atoms with Crippen LogP contribution in [0.15, 0.2) is 0 Å². The van der Waals surface area contributed by atoms with Gasteiger partial charge in [-0.1, -0.05) is 20.8 Å². The molecule has 0 radical (unpaired) electrons. The SMILES string of the molecule is CC1(C)[C@@H]2C(=O)[C@@H]3C[C@H](C#N)[C@]3(C)C(=O)[C@H]21. The number of fused-ring (bicyclic) bond motifs is 2. The number of nitriles is 1. The molecule has 0 saturated heterocycles. The molecule has 3 heteroatoms. The Hall–Kier alpha value is -1.17. The molecule has 3 nitrogen and oxygen atoms in total. The van der Waals surface area contributed by atoms with E-state index in [-0.39, 0.29) is 40.7 Å². The van der Waals surface area contributed by atoms with Crippen LogP contribution in [0.4, 0.5) is 0 Å². The molecule has 3 fully saturated rings. The van der Waals surface area contributed by atoms with Crippen molar-refractivity contribution in [1.82, 2.24) is 0 Å². The average Bonchev–Trinajstić information content (AvgIpc) is 2.76. The van der Waals surface area contributed by atoms with Crippen molar-refractivity contribution >= 4 is 11.6 Å². The van der Waals surface area contributed by atoms with E-state index in [1.165, 1.54) is 0 Å². The van der Waals surface area contributed by atoms with Gasteiger partial charge in [-0.3, -0.25) is 9.59 Å². The largest absolute Gasteiger partial charge is 0.299 e. The maximum atomic E-state index is 12.4. The van der Waals surface area contributed by atoms with Crippen LogP contribution in [0.5, 0.6) is 0 Å². The first kappa shape index (κ1) is 10.0. The van der Waals surface area contributed by atoms with Crippen molar-refractivity contribution in [2.75, 3.05) is 0 Å². The van der Waals surface area contributed by atoms with Crippen molar-refractivity contribution in [1.29, 1.82) is 5.26 Å². The third-order valence-corrected chi connectivity index (χ3v) is 5.37. The fourth-order valence-electron chi connectivity index (χ4n) is 3.96. The summed E-state index contributed by atoms with van der Waals surface area (Å²) in [5.74, 6) is -0.178. The van der Waals surface area contributed by atoms with Crippen molar-refractivity contribution in [2.45, 2.75) is 27.2 Å². The van der Waals surface area contributed by atoms with E-state index in [9.17, 15) is 9.59 Å². The molecule has 0 bridgehead atoms. The fourth-order valence-corrected chi connectivity index (χ4v) is 3.96. The number of carbonyl (C=O) groups excluding carboxylic acids is 2. The molecule has 3 aliphatic rings. The Morgan fingerprint density at radius 3 is 2.44 bits per heavy atom. The van der Waals surface area contributed by atoms with Crippen LogP contribution in [0.1, 0.15) is 27.2 Å². The summed E-state index contributed by atoms with van der Waals surface area (Å²) in [7, 11) is 0. The molecule has 0 aliphatic heterocycles. The van der Waals surface area contributed by atoms with Gasteiger partial charge in [0.2, 0.25) is 0 Å². The minimum atomic E-state index is -0.666. The minimum Gasteiger partial charge on any atom is -0.299 e. The Morgan fingerprint density at radius 2 is 1.88 bits per heavy atom. The normalized spacial score (nSPS) is 52.1. The molecule has 0 aromatic rings. The van der Waals surface area contributed by atoms with Crippen LogP contribution in [0.25, 0.3) is 0 Å². The van der Waals surface area contributed by atoms with Crippen LogP contribution in [0.2, 0.25) is 0 Å². The highest BCUT2D eigenvalue weighted by atomic mass is 16.1.